The predicted molar refractivity (Wildman–Crippen MR) is 105 cm³/mol. The third-order valence-electron chi connectivity index (χ3n) is 5.78. The summed E-state index contributed by atoms with van der Waals surface area (Å²) < 4.78 is 5.91. The minimum absolute atomic E-state index is 0.223. The van der Waals surface area contributed by atoms with Crippen LogP contribution < -0.4 is 10.6 Å². The Balaban J connectivity index is 1.22. The van der Waals surface area contributed by atoms with Gasteiger partial charge in [0.1, 0.15) is 0 Å². The van der Waals surface area contributed by atoms with Crippen molar-refractivity contribution in [3.05, 3.63) is 35.4 Å². The average molecular weight is 370 g/mol. The van der Waals surface area contributed by atoms with Gasteiger partial charge in [-0.15, -0.1) is 0 Å². The van der Waals surface area contributed by atoms with Crippen LogP contribution in [0.25, 0.3) is 0 Å². The molecule has 6 nitrogen and oxygen atoms in total. The van der Waals surface area contributed by atoms with E-state index in [-0.39, 0.29) is 5.91 Å². The van der Waals surface area contributed by atoms with Crippen molar-refractivity contribution in [2.75, 3.05) is 13.1 Å². The van der Waals surface area contributed by atoms with Crippen LogP contribution in [0.3, 0.4) is 0 Å². The number of carbonyl (C=O) groups excluding carboxylic acids is 1. The Hall–Kier alpha value is -2.08. The second-order valence-electron chi connectivity index (χ2n) is 7.74. The Labute approximate surface area is 161 Å². The zero-order valence-electron chi connectivity index (χ0n) is 16.1. The molecule has 3 aliphatic rings. The molecule has 2 bridgehead atoms. The molecule has 0 radical (unpaired) electrons. The monoisotopic (exact) mass is 370 g/mol. The van der Waals surface area contributed by atoms with Crippen molar-refractivity contribution < 1.29 is 9.53 Å². The van der Waals surface area contributed by atoms with Gasteiger partial charge in [-0.1, -0.05) is 24.3 Å². The van der Waals surface area contributed by atoms with Crippen LogP contribution in [0, 0.1) is 0 Å². The van der Waals surface area contributed by atoms with Gasteiger partial charge in [0.15, 0.2) is 5.96 Å². The number of nitrogens with one attached hydrogen (secondary N) is 2. The van der Waals surface area contributed by atoms with Crippen LogP contribution in [-0.2, 0) is 22.6 Å². The average Bonchev–Trinajstić information content (AvgIpc) is 3.39. The van der Waals surface area contributed by atoms with Gasteiger partial charge in [-0.05, 0) is 43.7 Å². The zero-order chi connectivity index (χ0) is 18.6. The molecular weight excluding hydrogens is 340 g/mol. The quantitative estimate of drug-likeness (QED) is 0.458. The molecule has 0 spiro atoms. The largest absolute Gasteiger partial charge is 0.373 e. The summed E-state index contributed by atoms with van der Waals surface area (Å²) in [5, 5.41) is 6.83. The van der Waals surface area contributed by atoms with Crippen molar-refractivity contribution >= 4 is 11.9 Å². The molecule has 3 aliphatic heterocycles. The first kappa shape index (κ1) is 18.3. The van der Waals surface area contributed by atoms with Crippen molar-refractivity contribution in [3.63, 3.8) is 0 Å². The number of aliphatic imine (C=N–C) groups is 1. The molecule has 3 heterocycles. The van der Waals surface area contributed by atoms with E-state index in [2.05, 4.69) is 34.7 Å². The minimum atomic E-state index is 0.223. The van der Waals surface area contributed by atoms with Gasteiger partial charge in [-0.2, -0.15) is 0 Å². The number of hydrogen-bond acceptors (Lipinski definition) is 3. The van der Waals surface area contributed by atoms with Gasteiger partial charge in [-0.3, -0.25) is 9.79 Å². The normalized spacial score (nSPS) is 26.3. The first-order valence-corrected chi connectivity index (χ1v) is 10.3. The summed E-state index contributed by atoms with van der Waals surface area (Å²) in [5.74, 6) is 1.07. The lowest BCUT2D eigenvalue weighted by atomic mass is 9.96. The van der Waals surface area contributed by atoms with Crippen molar-refractivity contribution in [1.82, 2.24) is 15.5 Å². The molecule has 6 heteroatoms. The van der Waals surface area contributed by atoms with E-state index in [1.807, 2.05) is 17.0 Å². The van der Waals surface area contributed by atoms with E-state index in [1.165, 1.54) is 17.5 Å². The summed E-state index contributed by atoms with van der Waals surface area (Å²) in [5.41, 5.74) is 2.55. The molecule has 0 saturated carbocycles. The van der Waals surface area contributed by atoms with Crippen LogP contribution in [0.2, 0.25) is 0 Å². The second kappa shape index (κ2) is 8.30. The lowest BCUT2D eigenvalue weighted by molar-refractivity contribution is -0.131. The van der Waals surface area contributed by atoms with E-state index in [0.717, 1.165) is 44.9 Å². The molecule has 3 atom stereocenters. The van der Waals surface area contributed by atoms with Crippen LogP contribution in [-0.4, -0.2) is 48.1 Å². The molecule has 2 N–H and O–H groups in total. The molecule has 0 aliphatic carbocycles. The first-order chi connectivity index (χ1) is 13.2. The molecular formula is C21H30N4O2. The third kappa shape index (κ3) is 4.26. The number of nitrogens with zero attached hydrogens (tertiary/aromatic N) is 2. The lowest BCUT2D eigenvalue weighted by Crippen LogP contribution is -2.47. The number of benzene rings is 1. The molecule has 0 aromatic heterocycles. The van der Waals surface area contributed by atoms with E-state index in [0.29, 0.717) is 31.2 Å². The maximum atomic E-state index is 12.5. The van der Waals surface area contributed by atoms with E-state index in [9.17, 15) is 4.79 Å². The van der Waals surface area contributed by atoms with E-state index < -0.39 is 0 Å². The van der Waals surface area contributed by atoms with Crippen molar-refractivity contribution in [1.29, 1.82) is 0 Å². The Morgan fingerprint density at radius 2 is 2.04 bits per heavy atom. The molecule has 3 unspecified atom stereocenters. The van der Waals surface area contributed by atoms with Crippen LogP contribution in [0.15, 0.2) is 29.3 Å². The number of fused-ring (bicyclic) bond motifs is 3. The lowest BCUT2D eigenvalue weighted by Gasteiger charge is -2.22. The topological polar surface area (TPSA) is 66.0 Å². The highest BCUT2D eigenvalue weighted by molar-refractivity contribution is 5.80. The molecule has 2 fully saturated rings. The fraction of sp³-hybridized carbons (Fsp3) is 0.619. The highest BCUT2D eigenvalue weighted by Crippen LogP contribution is 2.34. The van der Waals surface area contributed by atoms with Gasteiger partial charge in [0.05, 0.1) is 18.2 Å². The van der Waals surface area contributed by atoms with Gasteiger partial charge in [0.25, 0.3) is 0 Å². The summed E-state index contributed by atoms with van der Waals surface area (Å²) in [6, 6.07) is 8.67. The van der Waals surface area contributed by atoms with E-state index >= 15 is 0 Å². The van der Waals surface area contributed by atoms with Gasteiger partial charge < -0.3 is 20.3 Å². The van der Waals surface area contributed by atoms with E-state index in [4.69, 9.17) is 4.74 Å². The van der Waals surface area contributed by atoms with Gasteiger partial charge >= 0.3 is 0 Å². The van der Waals surface area contributed by atoms with Crippen molar-refractivity contribution in [3.8, 4) is 0 Å². The van der Waals surface area contributed by atoms with Gasteiger partial charge in [0.2, 0.25) is 5.91 Å². The smallest absolute Gasteiger partial charge is 0.223 e. The SMILES string of the molecule is CCNC(=NCCCC(=O)N1Cc2ccccc2C1)NC1CC2CCC1O2. The van der Waals surface area contributed by atoms with Gasteiger partial charge in [-0.25, -0.2) is 0 Å². The number of rotatable bonds is 6. The summed E-state index contributed by atoms with van der Waals surface area (Å²) >= 11 is 0. The Kier molecular flexibility index (Phi) is 5.62. The Morgan fingerprint density at radius 3 is 2.67 bits per heavy atom. The van der Waals surface area contributed by atoms with Crippen LogP contribution in [0.1, 0.15) is 50.2 Å². The summed E-state index contributed by atoms with van der Waals surface area (Å²) in [6.07, 6.45) is 5.50. The van der Waals surface area contributed by atoms with Crippen LogP contribution in [0.4, 0.5) is 0 Å². The molecule has 4 rings (SSSR count). The summed E-state index contributed by atoms with van der Waals surface area (Å²) in [4.78, 5) is 19.1. The second-order valence-corrected chi connectivity index (χ2v) is 7.74. The molecule has 27 heavy (non-hydrogen) atoms. The highest BCUT2D eigenvalue weighted by Gasteiger charge is 2.41. The van der Waals surface area contributed by atoms with Crippen LogP contribution >= 0.6 is 0 Å². The number of ether oxygens (including phenoxy) is 1. The van der Waals surface area contributed by atoms with Crippen molar-refractivity contribution in [2.45, 2.75) is 70.4 Å². The maximum absolute atomic E-state index is 12.5. The number of hydrogen-bond donors (Lipinski definition) is 2. The van der Waals surface area contributed by atoms with E-state index in [1.54, 1.807) is 0 Å². The predicted octanol–water partition coefficient (Wildman–Crippen LogP) is 2.18. The molecule has 1 amide bonds. The number of amides is 1. The molecule has 1 aromatic carbocycles. The fourth-order valence-corrected chi connectivity index (χ4v) is 4.37. The Morgan fingerprint density at radius 1 is 1.26 bits per heavy atom. The summed E-state index contributed by atoms with van der Waals surface area (Å²) in [7, 11) is 0. The minimum Gasteiger partial charge on any atom is -0.373 e. The Bertz CT molecular complexity index is 680. The third-order valence-corrected chi connectivity index (χ3v) is 5.78. The molecule has 146 valence electrons. The van der Waals surface area contributed by atoms with Crippen molar-refractivity contribution in [2.24, 2.45) is 4.99 Å². The number of carbonyl (C=O) groups is 1. The molecule has 2 saturated heterocycles. The zero-order valence-corrected chi connectivity index (χ0v) is 16.1. The standard InChI is InChI=1S/C21H30N4O2/c1-2-22-21(24-18-12-17-9-10-19(18)27-17)23-11-5-8-20(26)25-13-15-6-3-4-7-16(15)14-25/h3-4,6-7,17-19H,2,5,8-14H2,1H3,(H2,22,23,24). The maximum Gasteiger partial charge on any atom is 0.223 e. The van der Waals surface area contributed by atoms with Crippen LogP contribution in [0.5, 0.6) is 0 Å². The molecule has 1 aromatic rings. The number of guanidine groups is 1. The van der Waals surface area contributed by atoms with Gasteiger partial charge in [0, 0.05) is 32.6 Å². The summed E-state index contributed by atoms with van der Waals surface area (Å²) in [6.45, 7) is 5.05. The first-order valence-electron chi connectivity index (χ1n) is 10.3. The fourth-order valence-electron chi connectivity index (χ4n) is 4.37. The highest BCUT2D eigenvalue weighted by atomic mass is 16.5.